The van der Waals surface area contributed by atoms with Crippen molar-refractivity contribution in [3.63, 3.8) is 0 Å². The van der Waals surface area contributed by atoms with Crippen LogP contribution in [0.1, 0.15) is 46.0 Å². The van der Waals surface area contributed by atoms with E-state index in [4.69, 9.17) is 6.42 Å². The fourth-order valence-electron chi connectivity index (χ4n) is 2.32. The zero-order valence-electron chi connectivity index (χ0n) is 11.0. The van der Waals surface area contributed by atoms with Gasteiger partial charge >= 0.3 is 0 Å². The minimum atomic E-state index is -0.115. The zero-order chi connectivity index (χ0) is 12.7. The van der Waals surface area contributed by atoms with Gasteiger partial charge in [0.15, 0.2) is 0 Å². The van der Waals surface area contributed by atoms with Crippen molar-refractivity contribution in [3.8, 4) is 12.3 Å². The van der Waals surface area contributed by atoms with Gasteiger partial charge in [0, 0.05) is 0 Å². The monoisotopic (exact) mass is 236 g/mol. The molecule has 0 aliphatic carbocycles. The maximum absolute atomic E-state index is 12.0. The van der Waals surface area contributed by atoms with Gasteiger partial charge in [-0.25, -0.2) is 0 Å². The van der Waals surface area contributed by atoms with E-state index in [0.29, 0.717) is 5.92 Å². The molecule has 96 valence electrons. The Morgan fingerprint density at radius 2 is 2.35 bits per heavy atom. The van der Waals surface area contributed by atoms with Crippen molar-refractivity contribution in [2.75, 3.05) is 6.54 Å². The van der Waals surface area contributed by atoms with Gasteiger partial charge in [-0.15, -0.1) is 6.42 Å². The minimum absolute atomic E-state index is 0.0543. The van der Waals surface area contributed by atoms with E-state index in [1.807, 2.05) is 0 Å². The van der Waals surface area contributed by atoms with Crippen LogP contribution in [0.3, 0.4) is 0 Å². The van der Waals surface area contributed by atoms with Crippen molar-refractivity contribution < 1.29 is 4.79 Å². The van der Waals surface area contributed by atoms with Gasteiger partial charge < -0.3 is 10.6 Å². The molecule has 1 rings (SSSR count). The van der Waals surface area contributed by atoms with Gasteiger partial charge in [0.1, 0.15) is 0 Å². The Kier molecular flexibility index (Phi) is 6.07. The molecule has 3 nitrogen and oxygen atoms in total. The first-order valence-electron chi connectivity index (χ1n) is 6.71. The van der Waals surface area contributed by atoms with E-state index in [-0.39, 0.29) is 18.0 Å². The highest BCUT2D eigenvalue weighted by atomic mass is 16.2. The molecule has 0 aromatic heterocycles. The highest BCUT2D eigenvalue weighted by molar-refractivity contribution is 5.82. The Hall–Kier alpha value is -1.01. The Labute approximate surface area is 105 Å². The van der Waals surface area contributed by atoms with Crippen LogP contribution in [0.15, 0.2) is 0 Å². The van der Waals surface area contributed by atoms with Crippen LogP contribution in [0.25, 0.3) is 0 Å². The molecule has 1 heterocycles. The molecule has 2 N–H and O–H groups in total. The Morgan fingerprint density at radius 1 is 1.59 bits per heavy atom. The lowest BCUT2D eigenvalue weighted by atomic mass is 9.90. The Balaban J connectivity index is 2.43. The molecule has 3 unspecified atom stereocenters. The molecular formula is C14H24N2O. The lowest BCUT2D eigenvalue weighted by Gasteiger charge is -2.29. The van der Waals surface area contributed by atoms with Crippen LogP contribution >= 0.6 is 0 Å². The molecule has 3 atom stereocenters. The third-order valence-electron chi connectivity index (χ3n) is 3.50. The smallest absolute Gasteiger partial charge is 0.238 e. The summed E-state index contributed by atoms with van der Waals surface area (Å²) in [7, 11) is 0. The lowest BCUT2D eigenvalue weighted by Crippen LogP contribution is -2.50. The molecule has 17 heavy (non-hydrogen) atoms. The van der Waals surface area contributed by atoms with Crippen molar-refractivity contribution >= 4 is 5.91 Å². The van der Waals surface area contributed by atoms with Gasteiger partial charge in [-0.3, -0.25) is 4.79 Å². The average Bonchev–Trinajstić information content (AvgIpc) is 2.38. The fourth-order valence-corrected chi connectivity index (χ4v) is 2.32. The number of carbonyl (C=O) groups is 1. The van der Waals surface area contributed by atoms with Crippen LogP contribution in [0.5, 0.6) is 0 Å². The van der Waals surface area contributed by atoms with Gasteiger partial charge in [-0.05, 0) is 31.7 Å². The number of carbonyl (C=O) groups excluding carboxylic acids is 1. The number of hydrogen-bond donors (Lipinski definition) is 2. The summed E-state index contributed by atoms with van der Waals surface area (Å²) in [5.74, 6) is 3.38. The van der Waals surface area contributed by atoms with E-state index in [2.05, 4.69) is 30.4 Å². The SMILES string of the molecule is C#CC(CCC)NC(=O)C1CC(CC)CCN1. The molecule has 1 aliphatic rings. The number of terminal acetylenes is 1. The normalized spacial score (nSPS) is 25.9. The molecule has 0 aromatic rings. The predicted molar refractivity (Wildman–Crippen MR) is 70.5 cm³/mol. The maximum atomic E-state index is 12.0. The first-order valence-corrected chi connectivity index (χ1v) is 6.71. The van der Waals surface area contributed by atoms with Gasteiger partial charge in [0.05, 0.1) is 12.1 Å². The van der Waals surface area contributed by atoms with E-state index in [1.165, 1.54) is 6.42 Å². The summed E-state index contributed by atoms with van der Waals surface area (Å²) in [4.78, 5) is 12.0. The third kappa shape index (κ3) is 4.40. The lowest BCUT2D eigenvalue weighted by molar-refractivity contribution is -0.124. The molecule has 1 saturated heterocycles. The summed E-state index contributed by atoms with van der Waals surface area (Å²) < 4.78 is 0. The fraction of sp³-hybridized carbons (Fsp3) is 0.786. The number of piperidine rings is 1. The quantitative estimate of drug-likeness (QED) is 0.713. The Bertz CT molecular complexity index is 282. The molecule has 0 spiro atoms. The highest BCUT2D eigenvalue weighted by Gasteiger charge is 2.26. The second kappa shape index (κ2) is 7.34. The van der Waals surface area contributed by atoms with Crippen molar-refractivity contribution in [1.29, 1.82) is 0 Å². The maximum Gasteiger partial charge on any atom is 0.238 e. The number of rotatable bonds is 5. The van der Waals surface area contributed by atoms with Crippen LogP contribution in [0, 0.1) is 18.3 Å². The van der Waals surface area contributed by atoms with Crippen LogP contribution in [-0.4, -0.2) is 24.5 Å². The number of amides is 1. The molecule has 1 aliphatic heterocycles. The standard InChI is InChI=1S/C14H24N2O/c1-4-7-12(6-3)16-14(17)13-10-11(5-2)8-9-15-13/h3,11-13,15H,4-5,7-10H2,1-2H3,(H,16,17). The summed E-state index contributed by atoms with van der Waals surface area (Å²) in [6.45, 7) is 5.19. The van der Waals surface area contributed by atoms with E-state index in [0.717, 1.165) is 32.2 Å². The first-order chi connectivity index (χ1) is 8.21. The predicted octanol–water partition coefficient (Wildman–Crippen LogP) is 1.68. The first kappa shape index (κ1) is 14.1. The second-order valence-corrected chi connectivity index (χ2v) is 4.82. The van der Waals surface area contributed by atoms with Crippen LogP contribution in [-0.2, 0) is 4.79 Å². The average molecular weight is 236 g/mol. The van der Waals surface area contributed by atoms with Crippen molar-refractivity contribution in [1.82, 2.24) is 10.6 Å². The highest BCUT2D eigenvalue weighted by Crippen LogP contribution is 2.19. The van der Waals surface area contributed by atoms with Crippen molar-refractivity contribution in [3.05, 3.63) is 0 Å². The molecule has 1 fully saturated rings. The summed E-state index contributed by atoms with van der Waals surface area (Å²) >= 11 is 0. The van der Waals surface area contributed by atoms with Crippen molar-refractivity contribution in [2.24, 2.45) is 5.92 Å². The van der Waals surface area contributed by atoms with E-state index >= 15 is 0 Å². The van der Waals surface area contributed by atoms with Gasteiger partial charge in [-0.2, -0.15) is 0 Å². The van der Waals surface area contributed by atoms with Crippen molar-refractivity contribution in [2.45, 2.75) is 58.0 Å². The number of hydrogen-bond acceptors (Lipinski definition) is 2. The third-order valence-corrected chi connectivity index (χ3v) is 3.50. The van der Waals surface area contributed by atoms with E-state index in [9.17, 15) is 4.79 Å². The molecular weight excluding hydrogens is 212 g/mol. The summed E-state index contributed by atoms with van der Waals surface area (Å²) in [5, 5.41) is 6.22. The molecule has 0 saturated carbocycles. The second-order valence-electron chi connectivity index (χ2n) is 4.82. The topological polar surface area (TPSA) is 41.1 Å². The minimum Gasteiger partial charge on any atom is -0.341 e. The van der Waals surface area contributed by atoms with Gasteiger partial charge in [0.25, 0.3) is 0 Å². The zero-order valence-corrected chi connectivity index (χ0v) is 11.0. The van der Waals surface area contributed by atoms with E-state index < -0.39 is 0 Å². The van der Waals surface area contributed by atoms with Crippen LogP contribution < -0.4 is 10.6 Å². The molecule has 0 radical (unpaired) electrons. The Morgan fingerprint density at radius 3 is 2.94 bits per heavy atom. The molecule has 1 amide bonds. The number of nitrogens with one attached hydrogen (secondary N) is 2. The van der Waals surface area contributed by atoms with Crippen LogP contribution in [0.2, 0.25) is 0 Å². The molecule has 3 heteroatoms. The summed E-state index contributed by atoms with van der Waals surface area (Å²) in [6, 6.07) is -0.169. The van der Waals surface area contributed by atoms with Gasteiger partial charge in [0.2, 0.25) is 5.91 Å². The summed E-state index contributed by atoms with van der Waals surface area (Å²) in [6.07, 6.45) is 10.5. The van der Waals surface area contributed by atoms with E-state index in [1.54, 1.807) is 0 Å². The largest absolute Gasteiger partial charge is 0.341 e. The summed E-state index contributed by atoms with van der Waals surface area (Å²) in [5.41, 5.74) is 0. The van der Waals surface area contributed by atoms with Gasteiger partial charge in [-0.1, -0.05) is 32.6 Å². The molecule has 0 aromatic carbocycles. The van der Waals surface area contributed by atoms with Crippen LogP contribution in [0.4, 0.5) is 0 Å². The molecule has 0 bridgehead atoms.